The number of aliphatic carboxylic acids is 1. The molecule has 3 fully saturated rings. The number of ether oxygens (including phenoxy) is 1. The van der Waals surface area contributed by atoms with Crippen LogP contribution in [0, 0.1) is 34.5 Å². The van der Waals surface area contributed by atoms with Crippen LogP contribution in [0.25, 0.3) is 0 Å². The van der Waals surface area contributed by atoms with Crippen molar-refractivity contribution in [3.8, 4) is 0 Å². The van der Waals surface area contributed by atoms with E-state index in [1.807, 2.05) is 0 Å². The molecule has 178 valence electrons. The molecular weight excluding hydrogens is 402 g/mol. The highest BCUT2D eigenvalue weighted by Gasteiger charge is 2.60. The number of carboxylic acids is 1. The van der Waals surface area contributed by atoms with Crippen LogP contribution in [0.2, 0.25) is 0 Å². The Hall–Kier alpha value is -1.17. The summed E-state index contributed by atoms with van der Waals surface area (Å²) >= 11 is 0. The Morgan fingerprint density at radius 3 is 2.66 bits per heavy atom. The summed E-state index contributed by atoms with van der Waals surface area (Å²) in [7, 11) is 0. The largest absolute Gasteiger partial charge is 0.481 e. The van der Waals surface area contributed by atoms with Gasteiger partial charge >= 0.3 is 5.97 Å². The molecule has 3 N–H and O–H groups in total. The van der Waals surface area contributed by atoms with Crippen LogP contribution in [0.3, 0.4) is 0 Å². The van der Waals surface area contributed by atoms with Crippen LogP contribution in [0.1, 0.15) is 72.1 Å². The van der Waals surface area contributed by atoms with Crippen molar-refractivity contribution in [1.29, 1.82) is 0 Å². The Labute approximate surface area is 192 Å². The SMILES string of the molecule is CC[C@H]1C=C2C[C@@H](O)CC[C@]2(C)[C@H]2CC[C@]3(C)C(C4CNCCO4)=C(CC(=O)O)C[C@H]3[C@H]12. The van der Waals surface area contributed by atoms with E-state index in [-0.39, 0.29) is 29.5 Å². The summed E-state index contributed by atoms with van der Waals surface area (Å²) in [5.41, 5.74) is 4.19. The van der Waals surface area contributed by atoms with Crippen LogP contribution in [0.15, 0.2) is 22.8 Å². The lowest BCUT2D eigenvalue weighted by Gasteiger charge is -2.60. The summed E-state index contributed by atoms with van der Waals surface area (Å²) in [6.45, 7) is 9.57. The second kappa shape index (κ2) is 8.25. The van der Waals surface area contributed by atoms with E-state index in [4.69, 9.17) is 4.74 Å². The Kier molecular flexibility index (Phi) is 5.83. The Bertz CT molecular complexity index is 828. The third-order valence-electron chi connectivity index (χ3n) is 10.2. The second-order valence-corrected chi connectivity index (χ2v) is 11.7. The van der Waals surface area contributed by atoms with Gasteiger partial charge in [-0.25, -0.2) is 0 Å². The van der Waals surface area contributed by atoms with Gasteiger partial charge in [0, 0.05) is 13.1 Å². The van der Waals surface area contributed by atoms with E-state index in [2.05, 4.69) is 32.2 Å². The molecule has 0 aromatic heterocycles. The molecule has 0 aromatic carbocycles. The normalized spacial score (nSPS) is 46.2. The van der Waals surface area contributed by atoms with Gasteiger partial charge in [0.1, 0.15) is 0 Å². The number of hydrogen-bond acceptors (Lipinski definition) is 4. The molecule has 1 saturated heterocycles. The van der Waals surface area contributed by atoms with Gasteiger partial charge in [-0.2, -0.15) is 0 Å². The number of nitrogens with one attached hydrogen (secondary N) is 1. The number of allylic oxidation sites excluding steroid dienone is 1. The number of carbonyl (C=O) groups is 1. The van der Waals surface area contributed by atoms with Crippen molar-refractivity contribution in [2.75, 3.05) is 19.7 Å². The zero-order valence-corrected chi connectivity index (χ0v) is 20.0. The Morgan fingerprint density at radius 2 is 1.97 bits per heavy atom. The van der Waals surface area contributed by atoms with Gasteiger partial charge in [-0.1, -0.05) is 38.0 Å². The molecule has 0 amide bonds. The van der Waals surface area contributed by atoms with Crippen LogP contribution in [0.4, 0.5) is 0 Å². The zero-order chi connectivity index (χ0) is 22.7. The molecule has 1 aliphatic heterocycles. The number of carboxylic acid groups (broad SMARTS) is 1. The molecular formula is C27H41NO4. The van der Waals surface area contributed by atoms with E-state index in [0.29, 0.717) is 30.3 Å². The van der Waals surface area contributed by atoms with Gasteiger partial charge < -0.3 is 20.3 Å². The van der Waals surface area contributed by atoms with Gasteiger partial charge in [-0.05, 0) is 85.0 Å². The van der Waals surface area contributed by atoms with Crippen LogP contribution >= 0.6 is 0 Å². The van der Waals surface area contributed by atoms with Crippen LogP contribution in [0.5, 0.6) is 0 Å². The maximum atomic E-state index is 11.8. The standard InChI is InChI=1S/C27H41NO4/c1-4-16-11-18-14-19(29)5-7-26(18,2)20-6-8-27(3)21(24(16)20)12-17(13-23(30)31)25(27)22-15-28-9-10-32-22/h11,16,19-22,24,28-29H,4-10,12-15H2,1-3H3,(H,30,31)/t16-,19-,20-,21-,22?,24+,26-,27-/m0/s1. The average Bonchev–Trinajstić information content (AvgIpc) is 3.05. The highest BCUT2D eigenvalue weighted by atomic mass is 16.5. The molecule has 0 bridgehead atoms. The van der Waals surface area contributed by atoms with Gasteiger partial charge in [0.2, 0.25) is 0 Å². The summed E-state index contributed by atoms with van der Waals surface area (Å²) in [5, 5.41) is 23.6. The monoisotopic (exact) mass is 443 g/mol. The molecule has 0 aromatic rings. The topological polar surface area (TPSA) is 78.8 Å². The second-order valence-electron chi connectivity index (χ2n) is 11.7. The lowest BCUT2D eigenvalue weighted by Crippen LogP contribution is -2.54. The third kappa shape index (κ3) is 3.42. The summed E-state index contributed by atoms with van der Waals surface area (Å²) in [6.07, 6.45) is 9.71. The van der Waals surface area contributed by atoms with Crippen molar-refractivity contribution < 1.29 is 19.7 Å². The highest BCUT2D eigenvalue weighted by Crippen LogP contribution is 2.68. The van der Waals surface area contributed by atoms with Gasteiger partial charge in [0.15, 0.2) is 0 Å². The summed E-state index contributed by atoms with van der Waals surface area (Å²) < 4.78 is 6.24. The van der Waals surface area contributed by atoms with Crippen molar-refractivity contribution in [1.82, 2.24) is 5.32 Å². The first-order valence-corrected chi connectivity index (χ1v) is 12.9. The molecule has 4 aliphatic carbocycles. The van der Waals surface area contributed by atoms with Crippen molar-refractivity contribution in [3.63, 3.8) is 0 Å². The summed E-state index contributed by atoms with van der Waals surface area (Å²) in [4.78, 5) is 11.8. The van der Waals surface area contributed by atoms with E-state index in [9.17, 15) is 15.0 Å². The minimum Gasteiger partial charge on any atom is -0.481 e. The predicted molar refractivity (Wildman–Crippen MR) is 124 cm³/mol. The number of rotatable bonds is 4. The smallest absolute Gasteiger partial charge is 0.307 e. The fraction of sp³-hybridized carbons (Fsp3) is 0.815. The van der Waals surface area contributed by atoms with Crippen LogP contribution in [-0.4, -0.2) is 48.1 Å². The number of fused-ring (bicyclic) bond motifs is 5. The van der Waals surface area contributed by atoms with Crippen molar-refractivity contribution >= 4 is 5.97 Å². The van der Waals surface area contributed by atoms with Crippen molar-refractivity contribution in [2.24, 2.45) is 34.5 Å². The molecule has 0 spiro atoms. The third-order valence-corrected chi connectivity index (χ3v) is 10.2. The molecule has 32 heavy (non-hydrogen) atoms. The lowest BCUT2D eigenvalue weighted by atomic mass is 9.45. The molecule has 8 atom stereocenters. The molecule has 2 saturated carbocycles. The number of aliphatic hydroxyl groups is 1. The van der Waals surface area contributed by atoms with Crippen molar-refractivity contribution in [2.45, 2.75) is 84.3 Å². The summed E-state index contributed by atoms with van der Waals surface area (Å²) in [6, 6.07) is 0. The first-order chi connectivity index (χ1) is 15.3. The molecule has 0 radical (unpaired) electrons. The molecule has 1 unspecified atom stereocenters. The molecule has 1 heterocycles. The van der Waals surface area contributed by atoms with E-state index in [1.165, 1.54) is 17.6 Å². The zero-order valence-electron chi connectivity index (χ0n) is 20.0. The first kappa shape index (κ1) is 22.6. The van der Waals surface area contributed by atoms with E-state index in [1.54, 1.807) is 0 Å². The fourth-order valence-corrected chi connectivity index (χ4v) is 8.71. The van der Waals surface area contributed by atoms with Gasteiger partial charge in [-0.3, -0.25) is 4.79 Å². The predicted octanol–water partition coefficient (Wildman–Crippen LogP) is 4.32. The van der Waals surface area contributed by atoms with Crippen molar-refractivity contribution in [3.05, 3.63) is 22.8 Å². The molecule has 5 nitrogen and oxygen atoms in total. The quantitative estimate of drug-likeness (QED) is 0.564. The number of aliphatic hydroxyl groups excluding tert-OH is 1. The lowest BCUT2D eigenvalue weighted by molar-refractivity contribution is -0.136. The summed E-state index contributed by atoms with van der Waals surface area (Å²) in [5.74, 6) is 1.51. The molecule has 5 heteroatoms. The average molecular weight is 444 g/mol. The van der Waals surface area contributed by atoms with E-state index >= 15 is 0 Å². The number of hydrogen-bond donors (Lipinski definition) is 3. The molecule has 5 aliphatic rings. The van der Waals surface area contributed by atoms with Gasteiger partial charge in [0.25, 0.3) is 0 Å². The highest BCUT2D eigenvalue weighted by molar-refractivity contribution is 5.71. The van der Waals surface area contributed by atoms with Gasteiger partial charge in [0.05, 0.1) is 25.2 Å². The maximum absolute atomic E-state index is 11.8. The van der Waals surface area contributed by atoms with E-state index in [0.717, 1.165) is 57.2 Å². The fourth-order valence-electron chi connectivity index (χ4n) is 8.71. The van der Waals surface area contributed by atoms with Gasteiger partial charge in [-0.15, -0.1) is 0 Å². The minimum atomic E-state index is -0.717. The van der Waals surface area contributed by atoms with Crippen LogP contribution in [-0.2, 0) is 9.53 Å². The Morgan fingerprint density at radius 1 is 1.19 bits per heavy atom. The molecule has 5 rings (SSSR count). The number of morpholine rings is 1. The van der Waals surface area contributed by atoms with Crippen LogP contribution < -0.4 is 5.32 Å². The van der Waals surface area contributed by atoms with E-state index < -0.39 is 5.97 Å². The first-order valence-electron chi connectivity index (χ1n) is 12.9. The maximum Gasteiger partial charge on any atom is 0.307 e. The minimum absolute atomic E-state index is 0.0137. The Balaban J connectivity index is 1.54.